The van der Waals surface area contributed by atoms with Crippen LogP contribution in [0, 0.1) is 0 Å². The lowest BCUT2D eigenvalue weighted by molar-refractivity contribution is 0.0509. The fourth-order valence-electron chi connectivity index (χ4n) is 1.56. The first-order valence-corrected chi connectivity index (χ1v) is 5.67. The van der Waals surface area contributed by atoms with Crippen LogP contribution in [0.2, 0.25) is 0 Å². The van der Waals surface area contributed by atoms with Crippen molar-refractivity contribution in [3.8, 4) is 0 Å². The van der Waals surface area contributed by atoms with Crippen molar-refractivity contribution in [1.82, 2.24) is 4.98 Å². The van der Waals surface area contributed by atoms with Gasteiger partial charge in [-0.15, -0.1) is 0 Å². The second-order valence-electron chi connectivity index (χ2n) is 3.87. The summed E-state index contributed by atoms with van der Waals surface area (Å²) in [5.41, 5.74) is 7.67. The van der Waals surface area contributed by atoms with Crippen LogP contribution in [-0.2, 0) is 11.2 Å². The van der Waals surface area contributed by atoms with Crippen LogP contribution < -0.4 is 5.73 Å². The molecular formula is C14H14N2O2. The molecule has 0 fully saturated rings. The highest BCUT2D eigenvalue weighted by atomic mass is 16.5. The lowest BCUT2D eigenvalue weighted by atomic mass is 10.2. The van der Waals surface area contributed by atoms with E-state index < -0.39 is 0 Å². The minimum absolute atomic E-state index is 0.333. The normalized spacial score (nSPS) is 10.0. The minimum atomic E-state index is -0.355. The Morgan fingerprint density at radius 2 is 2.17 bits per heavy atom. The molecule has 0 bridgehead atoms. The van der Waals surface area contributed by atoms with Crippen LogP contribution in [0.1, 0.15) is 15.9 Å². The summed E-state index contributed by atoms with van der Waals surface area (Å²) in [5.74, 6) is -0.355. The zero-order valence-electron chi connectivity index (χ0n) is 9.87. The molecule has 2 N–H and O–H groups in total. The van der Waals surface area contributed by atoms with E-state index in [0.29, 0.717) is 24.3 Å². The van der Waals surface area contributed by atoms with E-state index in [1.54, 1.807) is 36.7 Å². The lowest BCUT2D eigenvalue weighted by Crippen LogP contribution is -2.08. The van der Waals surface area contributed by atoms with E-state index in [2.05, 4.69) is 4.98 Å². The molecule has 1 heterocycles. The van der Waals surface area contributed by atoms with Gasteiger partial charge in [-0.1, -0.05) is 12.1 Å². The molecule has 0 aliphatic carbocycles. The van der Waals surface area contributed by atoms with Crippen LogP contribution in [0.3, 0.4) is 0 Å². The van der Waals surface area contributed by atoms with Gasteiger partial charge in [-0.25, -0.2) is 4.79 Å². The summed E-state index contributed by atoms with van der Waals surface area (Å²) in [4.78, 5) is 15.7. The van der Waals surface area contributed by atoms with Crippen molar-refractivity contribution in [2.75, 3.05) is 12.3 Å². The fraction of sp³-hybridized carbons (Fsp3) is 0.143. The molecule has 0 spiro atoms. The SMILES string of the molecule is Nc1cccc(C(=O)OCCc2cccnc2)c1. The Morgan fingerprint density at radius 1 is 1.28 bits per heavy atom. The van der Waals surface area contributed by atoms with Crippen molar-refractivity contribution in [3.63, 3.8) is 0 Å². The number of hydrogen-bond acceptors (Lipinski definition) is 4. The van der Waals surface area contributed by atoms with Gasteiger partial charge >= 0.3 is 5.97 Å². The van der Waals surface area contributed by atoms with E-state index in [0.717, 1.165) is 5.56 Å². The summed E-state index contributed by atoms with van der Waals surface area (Å²) in [6.45, 7) is 0.333. The molecule has 0 saturated heterocycles. The molecule has 0 amide bonds. The topological polar surface area (TPSA) is 65.2 Å². The zero-order valence-corrected chi connectivity index (χ0v) is 9.87. The number of anilines is 1. The van der Waals surface area contributed by atoms with Crippen LogP contribution in [-0.4, -0.2) is 17.6 Å². The highest BCUT2D eigenvalue weighted by molar-refractivity contribution is 5.90. The number of aromatic nitrogens is 1. The number of hydrogen-bond donors (Lipinski definition) is 1. The van der Waals surface area contributed by atoms with Crippen LogP contribution in [0.5, 0.6) is 0 Å². The monoisotopic (exact) mass is 242 g/mol. The van der Waals surface area contributed by atoms with E-state index in [4.69, 9.17) is 10.5 Å². The number of rotatable bonds is 4. The molecule has 1 aromatic carbocycles. The highest BCUT2D eigenvalue weighted by Crippen LogP contribution is 2.08. The highest BCUT2D eigenvalue weighted by Gasteiger charge is 2.06. The summed E-state index contributed by atoms with van der Waals surface area (Å²) < 4.78 is 5.16. The van der Waals surface area contributed by atoms with E-state index >= 15 is 0 Å². The molecule has 0 atom stereocenters. The van der Waals surface area contributed by atoms with Gasteiger partial charge in [-0.3, -0.25) is 4.98 Å². The first-order chi connectivity index (χ1) is 8.75. The number of nitrogen functional groups attached to an aromatic ring is 1. The lowest BCUT2D eigenvalue weighted by Gasteiger charge is -2.05. The molecule has 4 nitrogen and oxygen atoms in total. The van der Waals surface area contributed by atoms with Crippen molar-refractivity contribution in [2.24, 2.45) is 0 Å². The van der Waals surface area contributed by atoms with Crippen LogP contribution in [0.4, 0.5) is 5.69 Å². The summed E-state index contributed by atoms with van der Waals surface area (Å²) in [5, 5.41) is 0. The van der Waals surface area contributed by atoms with Gasteiger partial charge in [0.2, 0.25) is 0 Å². The Kier molecular flexibility index (Phi) is 3.91. The summed E-state index contributed by atoms with van der Waals surface area (Å²) in [7, 11) is 0. The van der Waals surface area contributed by atoms with E-state index in [9.17, 15) is 4.79 Å². The first kappa shape index (κ1) is 12.1. The minimum Gasteiger partial charge on any atom is -0.462 e. The van der Waals surface area contributed by atoms with Gasteiger partial charge in [-0.2, -0.15) is 0 Å². The average molecular weight is 242 g/mol. The molecule has 2 aromatic rings. The Labute approximate surface area is 105 Å². The third-order valence-corrected chi connectivity index (χ3v) is 2.47. The molecule has 92 valence electrons. The molecule has 0 aliphatic heterocycles. The number of nitrogens with zero attached hydrogens (tertiary/aromatic N) is 1. The third kappa shape index (κ3) is 3.31. The van der Waals surface area contributed by atoms with Gasteiger partial charge in [-0.05, 0) is 29.8 Å². The Balaban J connectivity index is 1.86. The van der Waals surface area contributed by atoms with Gasteiger partial charge in [0, 0.05) is 24.5 Å². The molecular weight excluding hydrogens is 228 g/mol. The molecule has 4 heteroatoms. The molecule has 0 radical (unpaired) electrons. The molecule has 0 saturated carbocycles. The third-order valence-electron chi connectivity index (χ3n) is 2.47. The second kappa shape index (κ2) is 5.82. The summed E-state index contributed by atoms with van der Waals surface area (Å²) >= 11 is 0. The van der Waals surface area contributed by atoms with Crippen molar-refractivity contribution in [2.45, 2.75) is 6.42 Å². The van der Waals surface area contributed by atoms with Crippen molar-refractivity contribution < 1.29 is 9.53 Å². The summed E-state index contributed by atoms with van der Waals surface area (Å²) in [6.07, 6.45) is 4.12. The second-order valence-corrected chi connectivity index (χ2v) is 3.87. The maximum atomic E-state index is 11.7. The van der Waals surface area contributed by atoms with Gasteiger partial charge < -0.3 is 10.5 Å². The van der Waals surface area contributed by atoms with E-state index in [1.165, 1.54) is 0 Å². The number of carbonyl (C=O) groups is 1. The molecule has 18 heavy (non-hydrogen) atoms. The maximum Gasteiger partial charge on any atom is 0.338 e. The van der Waals surface area contributed by atoms with Crippen LogP contribution in [0.15, 0.2) is 48.8 Å². The number of esters is 1. The average Bonchev–Trinajstić information content (AvgIpc) is 2.40. The number of pyridine rings is 1. The Morgan fingerprint density at radius 3 is 2.89 bits per heavy atom. The number of carbonyl (C=O) groups excluding carboxylic acids is 1. The fourth-order valence-corrected chi connectivity index (χ4v) is 1.56. The Hall–Kier alpha value is -2.36. The predicted molar refractivity (Wildman–Crippen MR) is 69.1 cm³/mol. The van der Waals surface area contributed by atoms with E-state index in [-0.39, 0.29) is 5.97 Å². The Bertz CT molecular complexity index is 526. The molecule has 0 aliphatic rings. The van der Waals surface area contributed by atoms with Gasteiger partial charge in [0.25, 0.3) is 0 Å². The largest absolute Gasteiger partial charge is 0.462 e. The summed E-state index contributed by atoms with van der Waals surface area (Å²) in [6, 6.07) is 10.5. The first-order valence-electron chi connectivity index (χ1n) is 5.67. The van der Waals surface area contributed by atoms with Crippen LogP contribution >= 0.6 is 0 Å². The van der Waals surface area contributed by atoms with Crippen molar-refractivity contribution in [1.29, 1.82) is 0 Å². The molecule has 2 rings (SSSR count). The number of nitrogens with two attached hydrogens (primary N) is 1. The van der Waals surface area contributed by atoms with Crippen molar-refractivity contribution in [3.05, 3.63) is 59.9 Å². The number of benzene rings is 1. The quantitative estimate of drug-likeness (QED) is 0.658. The van der Waals surface area contributed by atoms with Crippen molar-refractivity contribution >= 4 is 11.7 Å². The zero-order chi connectivity index (χ0) is 12.8. The van der Waals surface area contributed by atoms with Gasteiger partial charge in [0.15, 0.2) is 0 Å². The smallest absolute Gasteiger partial charge is 0.338 e. The maximum absolute atomic E-state index is 11.7. The van der Waals surface area contributed by atoms with Gasteiger partial charge in [0.05, 0.1) is 12.2 Å². The number of ether oxygens (including phenoxy) is 1. The van der Waals surface area contributed by atoms with Gasteiger partial charge in [0.1, 0.15) is 0 Å². The standard InChI is InChI=1S/C14H14N2O2/c15-13-5-1-4-12(9-13)14(17)18-8-6-11-3-2-7-16-10-11/h1-5,7,9-10H,6,8,15H2. The predicted octanol–water partition coefficient (Wildman–Crippen LogP) is 2.06. The van der Waals surface area contributed by atoms with E-state index in [1.807, 2.05) is 12.1 Å². The molecule has 1 aromatic heterocycles. The molecule has 0 unspecified atom stereocenters. The van der Waals surface area contributed by atoms with Crippen LogP contribution in [0.25, 0.3) is 0 Å².